The normalized spacial score (nSPS) is 17.2. The maximum atomic E-state index is 13.6. The molecule has 1 aliphatic heterocycles. The molecule has 18 heteroatoms. The van der Waals surface area contributed by atoms with Crippen molar-refractivity contribution in [2.45, 2.75) is 84.0 Å². The number of amides is 1. The molecule has 0 aromatic carbocycles. The van der Waals surface area contributed by atoms with Crippen LogP contribution in [0.5, 0.6) is 0 Å². The van der Waals surface area contributed by atoms with Gasteiger partial charge in [-0.05, 0) is 32.7 Å². The lowest BCUT2D eigenvalue weighted by Crippen LogP contribution is -2.54. The second-order valence-electron chi connectivity index (χ2n) is 12.3. The Hall–Kier alpha value is -3.12. The van der Waals surface area contributed by atoms with E-state index in [4.69, 9.17) is 4.43 Å². The smallest absolute Gasteiger partial charge is 0.411 e. The van der Waals surface area contributed by atoms with E-state index in [2.05, 4.69) is 45.8 Å². The summed E-state index contributed by atoms with van der Waals surface area (Å²) < 4.78 is 87.4. The third-order valence-corrected chi connectivity index (χ3v) is 9.70. The zero-order valence-corrected chi connectivity index (χ0v) is 27.6. The van der Waals surface area contributed by atoms with Crippen LogP contribution in [-0.2, 0) is 33.7 Å². The van der Waals surface area contributed by atoms with Crippen molar-refractivity contribution >= 4 is 32.0 Å². The molecule has 1 fully saturated rings. The summed E-state index contributed by atoms with van der Waals surface area (Å²) in [6, 6.07) is -0.412. The maximum absolute atomic E-state index is 13.6. The van der Waals surface area contributed by atoms with Gasteiger partial charge in [-0.1, -0.05) is 32.1 Å². The minimum atomic E-state index is -4.80. The van der Waals surface area contributed by atoms with Gasteiger partial charge < -0.3 is 14.2 Å². The number of aromatic nitrogens is 6. The Bertz CT molecular complexity index is 1480. The molecule has 242 valence electrons. The van der Waals surface area contributed by atoms with E-state index in [1.54, 1.807) is 23.6 Å². The van der Waals surface area contributed by atoms with Crippen molar-refractivity contribution in [2.75, 3.05) is 24.5 Å². The van der Waals surface area contributed by atoms with Crippen molar-refractivity contribution < 1.29 is 35.6 Å². The van der Waals surface area contributed by atoms with Gasteiger partial charge >= 0.3 is 12.4 Å². The fraction of sp³-hybridized carbons (Fsp3) is 0.615. The van der Waals surface area contributed by atoms with Gasteiger partial charge in [0.1, 0.15) is 28.7 Å². The number of hydrogen-bond acceptors (Lipinski definition) is 9. The molecule has 0 bridgehead atoms. The van der Waals surface area contributed by atoms with Crippen LogP contribution in [0.15, 0.2) is 12.4 Å². The van der Waals surface area contributed by atoms with Gasteiger partial charge in [0.05, 0.1) is 0 Å². The number of piperazine rings is 1. The molecule has 0 spiro atoms. The lowest BCUT2D eigenvalue weighted by atomic mass is 10.1. The molecule has 0 radical (unpaired) electrons. The molecule has 4 rings (SSSR count). The van der Waals surface area contributed by atoms with Gasteiger partial charge in [-0.15, -0.1) is 0 Å². The number of halogens is 6. The SMILES string of the molecule is Cc1nc(C(C)(C)O[SiH2]C(C)(C)C)nn1CC(=O)N1CCN(c2sc(C(F)(F)F)nc2-c2cnc(C(F)(F)F)nc2)C[C@H]1C. The van der Waals surface area contributed by atoms with Crippen molar-refractivity contribution in [3.63, 3.8) is 0 Å². The highest BCUT2D eigenvalue weighted by Gasteiger charge is 2.39. The first kappa shape index (κ1) is 33.8. The van der Waals surface area contributed by atoms with Crippen LogP contribution < -0.4 is 4.90 Å². The number of alkyl halides is 6. The third kappa shape index (κ3) is 7.74. The zero-order valence-electron chi connectivity index (χ0n) is 25.3. The fourth-order valence-corrected chi connectivity index (χ4v) is 6.36. The Morgan fingerprint density at radius 3 is 2.18 bits per heavy atom. The van der Waals surface area contributed by atoms with E-state index in [1.165, 1.54) is 4.68 Å². The van der Waals surface area contributed by atoms with Crippen molar-refractivity contribution in [3.8, 4) is 11.3 Å². The molecule has 3 aromatic heterocycles. The van der Waals surface area contributed by atoms with Gasteiger partial charge in [0, 0.05) is 43.6 Å². The molecule has 0 unspecified atom stereocenters. The standard InChI is InChI=1S/C26H34F6N8O2SSi/c1-14-12-38(19-18(36-22(43-19)26(30,31)32)16-10-33-21(34-11-16)25(27,28)29)8-9-39(14)17(41)13-40-15(2)35-20(37-40)24(6,7)42-44-23(3,4)5/h10-11,14H,8-9,12-13,44H2,1-7H3/t14-/m1/s1. The summed E-state index contributed by atoms with van der Waals surface area (Å²) in [4.78, 5) is 31.4. The largest absolute Gasteiger partial charge is 0.451 e. The number of thiazole rings is 1. The summed E-state index contributed by atoms with van der Waals surface area (Å²) in [5, 5.41) is 3.58. The highest BCUT2D eigenvalue weighted by molar-refractivity contribution is 7.16. The van der Waals surface area contributed by atoms with Gasteiger partial charge in [-0.2, -0.15) is 31.4 Å². The molecule has 1 amide bonds. The second-order valence-corrected chi connectivity index (χ2v) is 16.0. The Labute approximate surface area is 256 Å². The number of aryl methyl sites for hydroxylation is 1. The van der Waals surface area contributed by atoms with E-state index >= 15 is 0 Å². The summed E-state index contributed by atoms with van der Waals surface area (Å²) >= 11 is 0.381. The van der Waals surface area contributed by atoms with E-state index in [-0.39, 0.29) is 53.4 Å². The van der Waals surface area contributed by atoms with Crippen LogP contribution in [0.3, 0.4) is 0 Å². The van der Waals surface area contributed by atoms with Crippen molar-refractivity contribution in [2.24, 2.45) is 0 Å². The molecule has 10 nitrogen and oxygen atoms in total. The van der Waals surface area contributed by atoms with Crippen LogP contribution in [0.2, 0.25) is 5.04 Å². The Morgan fingerprint density at radius 2 is 1.64 bits per heavy atom. The van der Waals surface area contributed by atoms with Crippen LogP contribution in [0.4, 0.5) is 31.3 Å². The lowest BCUT2D eigenvalue weighted by molar-refractivity contribution is -0.145. The first-order valence-electron chi connectivity index (χ1n) is 13.7. The number of nitrogens with zero attached hydrogens (tertiary/aromatic N) is 8. The van der Waals surface area contributed by atoms with Crippen LogP contribution in [0, 0.1) is 6.92 Å². The van der Waals surface area contributed by atoms with Crippen molar-refractivity contribution in [1.29, 1.82) is 0 Å². The molecule has 4 heterocycles. The lowest BCUT2D eigenvalue weighted by Gasteiger charge is -2.40. The van der Waals surface area contributed by atoms with E-state index in [1.807, 2.05) is 13.8 Å². The minimum Gasteiger partial charge on any atom is -0.411 e. The minimum absolute atomic E-state index is 0.0723. The van der Waals surface area contributed by atoms with Gasteiger partial charge in [0.25, 0.3) is 0 Å². The molecular weight excluding hydrogens is 630 g/mol. The zero-order chi connectivity index (χ0) is 32.8. The number of carbonyl (C=O) groups excluding carboxylic acids is 1. The maximum Gasteiger partial charge on any atom is 0.451 e. The average molecular weight is 665 g/mol. The van der Waals surface area contributed by atoms with Crippen molar-refractivity contribution in [3.05, 3.63) is 34.9 Å². The number of rotatable bonds is 7. The average Bonchev–Trinajstić information content (AvgIpc) is 3.51. The van der Waals surface area contributed by atoms with Crippen LogP contribution >= 0.6 is 11.3 Å². The van der Waals surface area contributed by atoms with E-state index in [0.717, 1.165) is 12.4 Å². The predicted octanol–water partition coefficient (Wildman–Crippen LogP) is 4.83. The molecule has 44 heavy (non-hydrogen) atoms. The summed E-state index contributed by atoms with van der Waals surface area (Å²) in [7, 11) is -0.895. The predicted molar refractivity (Wildman–Crippen MR) is 154 cm³/mol. The van der Waals surface area contributed by atoms with Gasteiger partial charge in [-0.3, -0.25) is 4.79 Å². The van der Waals surface area contributed by atoms with E-state index < -0.39 is 44.6 Å². The second kappa shape index (κ2) is 12.0. The summed E-state index contributed by atoms with van der Waals surface area (Å²) in [5.41, 5.74) is -0.981. The van der Waals surface area contributed by atoms with Gasteiger partial charge in [-0.25, -0.2) is 24.6 Å². The van der Waals surface area contributed by atoms with Gasteiger partial charge in [0.2, 0.25) is 16.7 Å². The number of carbonyl (C=O) groups is 1. The van der Waals surface area contributed by atoms with E-state index in [9.17, 15) is 31.1 Å². The molecular formula is C26H34F6N8O2SSi. The molecule has 0 N–H and O–H groups in total. The third-order valence-electron chi connectivity index (χ3n) is 6.81. The first-order chi connectivity index (χ1) is 20.2. The van der Waals surface area contributed by atoms with Crippen LogP contribution in [0.1, 0.15) is 64.0 Å². The Balaban J connectivity index is 1.50. The summed E-state index contributed by atoms with van der Waals surface area (Å²) in [5.74, 6) is -0.632. The van der Waals surface area contributed by atoms with E-state index in [0.29, 0.717) is 23.0 Å². The molecule has 1 saturated heterocycles. The molecule has 1 aliphatic rings. The highest BCUT2D eigenvalue weighted by Crippen LogP contribution is 2.43. The highest BCUT2D eigenvalue weighted by atomic mass is 32.1. The quantitative estimate of drug-likeness (QED) is 0.262. The monoisotopic (exact) mass is 664 g/mol. The topological polar surface area (TPSA) is 102 Å². The molecule has 1 atom stereocenters. The fourth-order valence-electron chi connectivity index (χ4n) is 4.45. The molecule has 3 aromatic rings. The Kier molecular flexibility index (Phi) is 9.21. The first-order valence-corrected chi connectivity index (χ1v) is 15.8. The molecule has 0 saturated carbocycles. The summed E-state index contributed by atoms with van der Waals surface area (Å²) in [6.45, 7) is 14.1. The van der Waals surface area contributed by atoms with Crippen molar-refractivity contribution in [1.82, 2.24) is 34.6 Å². The Morgan fingerprint density at radius 1 is 1.00 bits per heavy atom. The van der Waals surface area contributed by atoms with Crippen LogP contribution in [-0.4, -0.2) is 76.0 Å². The number of hydrogen-bond donors (Lipinski definition) is 0. The van der Waals surface area contributed by atoms with Gasteiger partial charge in [0.15, 0.2) is 15.6 Å². The molecule has 0 aliphatic carbocycles. The number of anilines is 1. The summed E-state index contributed by atoms with van der Waals surface area (Å²) in [6.07, 6.45) is -7.95. The van der Waals surface area contributed by atoms with Crippen LogP contribution in [0.25, 0.3) is 11.3 Å².